The summed E-state index contributed by atoms with van der Waals surface area (Å²) in [5.74, 6) is -7.45. The number of aliphatic imine (C=N–C) groups is 1. The Kier molecular flexibility index (Phi) is 11.5. The van der Waals surface area contributed by atoms with Gasteiger partial charge in [-0.25, -0.2) is 4.99 Å². The van der Waals surface area contributed by atoms with Crippen LogP contribution in [0.4, 0.5) is 17.1 Å². The summed E-state index contributed by atoms with van der Waals surface area (Å²) in [6.07, 6.45) is -0.960. The summed E-state index contributed by atoms with van der Waals surface area (Å²) in [4.78, 5) is 59.5. The Morgan fingerprint density at radius 2 is 1.19 bits per heavy atom. The second-order valence-corrected chi connectivity index (χ2v) is 8.81. The number of guanidine groups is 1. The van der Waals surface area contributed by atoms with Crippen LogP contribution in [-0.2, 0) is 19.2 Å². The number of nitrogens with two attached hydrogens (primary N) is 3. The highest BCUT2D eigenvalue weighted by Gasteiger charge is 2.24. The van der Waals surface area contributed by atoms with Crippen molar-refractivity contribution in [2.24, 2.45) is 16.5 Å². The van der Waals surface area contributed by atoms with Crippen molar-refractivity contribution in [3.05, 3.63) is 89.5 Å². The van der Waals surface area contributed by atoms with Crippen molar-refractivity contribution < 1.29 is 44.4 Å². The lowest BCUT2D eigenvalue weighted by Crippen LogP contribution is -2.22. The van der Waals surface area contributed by atoms with Crippen LogP contribution in [-0.4, -0.2) is 56.2 Å². The second kappa shape index (κ2) is 15.0. The quantitative estimate of drug-likeness (QED) is 0.0924. The number of carboxylic acids is 4. The van der Waals surface area contributed by atoms with Crippen molar-refractivity contribution in [3.8, 4) is 0 Å². The molecule has 14 heteroatoms. The molecule has 0 radical (unpaired) electrons. The minimum Gasteiger partial charge on any atom is -0.481 e. The predicted octanol–water partition coefficient (Wildman–Crippen LogP) is 2.40. The molecule has 0 saturated carbocycles. The first kappa shape index (κ1) is 32.3. The number of nitrogens with one attached hydrogen (secondary N) is 1. The first-order valence-corrected chi connectivity index (χ1v) is 12.1. The van der Waals surface area contributed by atoms with E-state index in [4.69, 9.17) is 37.6 Å². The molecule has 14 nitrogen and oxygen atoms in total. The molecule has 0 aromatic heterocycles. The number of anilines is 2. The first-order chi connectivity index (χ1) is 19.8. The monoisotopic (exact) mass is 579 g/mol. The molecule has 2 unspecified atom stereocenters. The largest absolute Gasteiger partial charge is 0.481 e. The Hall–Kier alpha value is -5.92. The van der Waals surface area contributed by atoms with E-state index < -0.39 is 54.5 Å². The highest BCUT2D eigenvalue weighted by atomic mass is 16.4. The Balaban J connectivity index is 0.000000347. The van der Waals surface area contributed by atoms with Crippen molar-refractivity contribution in [1.29, 1.82) is 0 Å². The number of hydrogen-bond donors (Lipinski definition) is 8. The van der Waals surface area contributed by atoms with Gasteiger partial charge in [-0.3, -0.25) is 24.0 Å². The highest BCUT2D eigenvalue weighted by Crippen LogP contribution is 2.23. The number of nitrogen functional groups attached to an aromatic ring is 1. The van der Waals surface area contributed by atoms with Gasteiger partial charge in [-0.15, -0.1) is 0 Å². The molecule has 3 rings (SSSR count). The molecule has 0 aliphatic carbocycles. The van der Waals surface area contributed by atoms with Crippen LogP contribution >= 0.6 is 0 Å². The summed E-state index contributed by atoms with van der Waals surface area (Å²) < 4.78 is 0. The zero-order valence-corrected chi connectivity index (χ0v) is 22.0. The summed E-state index contributed by atoms with van der Waals surface area (Å²) in [7, 11) is 0. The Bertz CT molecular complexity index is 1470. The van der Waals surface area contributed by atoms with E-state index in [9.17, 15) is 24.0 Å². The van der Waals surface area contributed by atoms with E-state index in [1.807, 2.05) is 0 Å². The number of carbonyl (C=O) groups is 5. The molecule has 0 aliphatic heterocycles. The molecule has 3 aromatic carbocycles. The summed E-state index contributed by atoms with van der Waals surface area (Å²) in [6.45, 7) is 0. The molecular formula is C28H29N5O9. The molecule has 0 spiro atoms. The van der Waals surface area contributed by atoms with Gasteiger partial charge in [0.05, 0.1) is 30.4 Å². The minimum atomic E-state index is -1.23. The molecule has 42 heavy (non-hydrogen) atoms. The number of rotatable bonds is 11. The minimum absolute atomic E-state index is 0.127. The van der Waals surface area contributed by atoms with Gasteiger partial charge in [0.25, 0.3) is 5.91 Å². The van der Waals surface area contributed by atoms with Gasteiger partial charge in [0, 0.05) is 16.9 Å². The van der Waals surface area contributed by atoms with E-state index in [1.165, 1.54) is 42.5 Å². The number of amides is 1. The summed E-state index contributed by atoms with van der Waals surface area (Å²) in [5.41, 5.74) is 18.5. The van der Waals surface area contributed by atoms with Crippen molar-refractivity contribution in [1.82, 2.24) is 0 Å². The fourth-order valence-corrected chi connectivity index (χ4v) is 3.64. The Morgan fingerprint density at radius 1 is 0.714 bits per heavy atom. The maximum absolute atomic E-state index is 12.3. The zero-order valence-electron chi connectivity index (χ0n) is 22.0. The predicted molar refractivity (Wildman–Crippen MR) is 152 cm³/mol. The maximum Gasteiger partial charge on any atom is 0.311 e. The third kappa shape index (κ3) is 10.3. The molecule has 11 N–H and O–H groups in total. The van der Waals surface area contributed by atoms with Crippen LogP contribution in [0.25, 0.3) is 0 Å². The number of nitrogens with zero attached hydrogens (tertiary/aromatic N) is 1. The lowest BCUT2D eigenvalue weighted by atomic mass is 9.96. The number of carbonyl (C=O) groups excluding carboxylic acids is 1. The third-order valence-corrected chi connectivity index (χ3v) is 5.63. The van der Waals surface area contributed by atoms with Crippen molar-refractivity contribution in [2.75, 3.05) is 11.1 Å². The summed E-state index contributed by atoms with van der Waals surface area (Å²) in [5, 5.41) is 38.1. The average molecular weight is 580 g/mol. The van der Waals surface area contributed by atoms with E-state index in [0.717, 1.165) is 0 Å². The topological polar surface area (TPSA) is 269 Å². The third-order valence-electron chi connectivity index (χ3n) is 5.63. The fourth-order valence-electron chi connectivity index (χ4n) is 3.64. The van der Waals surface area contributed by atoms with Gasteiger partial charge in [-0.1, -0.05) is 30.3 Å². The number of hydrogen-bond acceptors (Lipinski definition) is 7. The van der Waals surface area contributed by atoms with Gasteiger partial charge in [0.15, 0.2) is 5.96 Å². The molecule has 0 bridgehead atoms. The van der Waals surface area contributed by atoms with Crippen LogP contribution in [0.3, 0.4) is 0 Å². The lowest BCUT2D eigenvalue weighted by molar-refractivity contribution is -0.145. The highest BCUT2D eigenvalue weighted by molar-refractivity contribution is 6.04. The molecule has 0 aliphatic rings. The molecule has 1 amide bonds. The van der Waals surface area contributed by atoms with Crippen LogP contribution in [0.1, 0.15) is 46.2 Å². The van der Waals surface area contributed by atoms with Crippen LogP contribution in [0.15, 0.2) is 77.8 Å². The standard InChI is InChI=1S/C18H18N4O5.C10H11NO4/c19-18(20)22-13-3-1-2-11(8-13)16(25)21-12-6-4-10(5-7-12)14(17(26)27)9-15(23)24;11-7-3-1-6(2-4-7)8(10(14)15)5-9(12)13/h1-8,14H,9H2,(H,21,25)(H,23,24)(H,26,27)(H4,19,20,22);1-4,8H,5,11H2,(H,12,13)(H,14,15). The second-order valence-electron chi connectivity index (χ2n) is 8.81. The van der Waals surface area contributed by atoms with Gasteiger partial charge in [-0.2, -0.15) is 0 Å². The molecular weight excluding hydrogens is 550 g/mol. The average Bonchev–Trinajstić information content (AvgIpc) is 2.91. The molecule has 0 fully saturated rings. The van der Waals surface area contributed by atoms with Crippen LogP contribution < -0.4 is 22.5 Å². The van der Waals surface area contributed by atoms with Gasteiger partial charge < -0.3 is 42.9 Å². The summed E-state index contributed by atoms with van der Waals surface area (Å²) in [6, 6.07) is 18.5. The Labute approximate surface area is 239 Å². The summed E-state index contributed by atoms with van der Waals surface area (Å²) >= 11 is 0. The van der Waals surface area contributed by atoms with Crippen LogP contribution in [0.2, 0.25) is 0 Å². The maximum atomic E-state index is 12.3. The molecule has 3 aromatic rings. The van der Waals surface area contributed by atoms with Crippen molar-refractivity contribution in [3.63, 3.8) is 0 Å². The number of benzene rings is 3. The normalized spacial score (nSPS) is 11.5. The van der Waals surface area contributed by atoms with E-state index in [1.54, 1.807) is 30.3 Å². The van der Waals surface area contributed by atoms with Gasteiger partial charge in [-0.05, 0) is 53.6 Å². The van der Waals surface area contributed by atoms with E-state index in [2.05, 4.69) is 10.3 Å². The molecule has 2 atom stereocenters. The molecule has 0 saturated heterocycles. The van der Waals surface area contributed by atoms with Crippen LogP contribution in [0, 0.1) is 0 Å². The Morgan fingerprint density at radius 3 is 1.62 bits per heavy atom. The molecule has 0 heterocycles. The van der Waals surface area contributed by atoms with E-state index in [-0.39, 0.29) is 5.96 Å². The number of carboxylic acid groups (broad SMARTS) is 4. The SMILES string of the molecule is NC(N)=Nc1cccc(C(=O)Nc2ccc(C(CC(=O)O)C(=O)O)cc2)c1.Nc1ccc(C(CC(=O)O)C(=O)O)cc1. The van der Waals surface area contributed by atoms with Gasteiger partial charge in [0.2, 0.25) is 0 Å². The van der Waals surface area contributed by atoms with E-state index in [0.29, 0.717) is 33.8 Å². The zero-order chi connectivity index (χ0) is 31.4. The molecule has 220 valence electrons. The van der Waals surface area contributed by atoms with Gasteiger partial charge in [0.1, 0.15) is 0 Å². The van der Waals surface area contributed by atoms with Gasteiger partial charge >= 0.3 is 23.9 Å². The van der Waals surface area contributed by atoms with Crippen molar-refractivity contribution in [2.45, 2.75) is 24.7 Å². The fraction of sp³-hybridized carbons (Fsp3) is 0.143. The lowest BCUT2D eigenvalue weighted by Gasteiger charge is -2.11. The first-order valence-electron chi connectivity index (χ1n) is 12.1. The van der Waals surface area contributed by atoms with Crippen LogP contribution in [0.5, 0.6) is 0 Å². The van der Waals surface area contributed by atoms with Crippen molar-refractivity contribution >= 4 is 52.8 Å². The smallest absolute Gasteiger partial charge is 0.311 e. The van der Waals surface area contributed by atoms with E-state index >= 15 is 0 Å². The number of aliphatic carboxylic acids is 4.